The zero-order valence-corrected chi connectivity index (χ0v) is 13.5. The number of amides is 1. The lowest BCUT2D eigenvalue weighted by molar-refractivity contribution is -0.122. The number of rotatable bonds is 7. The summed E-state index contributed by atoms with van der Waals surface area (Å²) in [6, 6.07) is 16.8. The molecule has 122 valence electrons. The molecule has 0 aliphatic rings. The second-order valence-corrected chi connectivity index (χ2v) is 5.59. The molecular weight excluding hydrogens is 290 g/mol. The first-order valence-electron chi connectivity index (χ1n) is 7.73. The van der Waals surface area contributed by atoms with E-state index < -0.39 is 0 Å². The summed E-state index contributed by atoms with van der Waals surface area (Å²) in [5.74, 6) is 0.821. The number of benzene rings is 2. The monoisotopic (exact) mass is 313 g/mol. The van der Waals surface area contributed by atoms with Gasteiger partial charge in [0.2, 0.25) is 5.91 Å². The molecule has 0 saturated heterocycles. The maximum absolute atomic E-state index is 12.2. The molecule has 2 atom stereocenters. The Hall–Kier alpha value is -2.33. The molecule has 4 nitrogen and oxygen atoms in total. The van der Waals surface area contributed by atoms with Gasteiger partial charge in [-0.25, -0.2) is 0 Å². The molecule has 0 heterocycles. The summed E-state index contributed by atoms with van der Waals surface area (Å²) >= 11 is 0. The average molecular weight is 313 g/mol. The molecule has 0 spiro atoms. The topological polar surface area (TPSA) is 58.6 Å². The van der Waals surface area contributed by atoms with Crippen molar-refractivity contribution < 1.29 is 14.6 Å². The highest BCUT2D eigenvalue weighted by Crippen LogP contribution is 2.22. The summed E-state index contributed by atoms with van der Waals surface area (Å²) in [7, 11) is 1.63. The van der Waals surface area contributed by atoms with Gasteiger partial charge in [0.05, 0.1) is 19.8 Å². The van der Waals surface area contributed by atoms with Crippen molar-refractivity contribution in [3.63, 3.8) is 0 Å². The van der Waals surface area contributed by atoms with Gasteiger partial charge in [0.15, 0.2) is 0 Å². The van der Waals surface area contributed by atoms with E-state index in [2.05, 4.69) is 5.32 Å². The predicted molar refractivity (Wildman–Crippen MR) is 90.4 cm³/mol. The molecule has 2 unspecified atom stereocenters. The van der Waals surface area contributed by atoms with E-state index in [4.69, 9.17) is 4.74 Å². The lowest BCUT2D eigenvalue weighted by Gasteiger charge is -2.18. The van der Waals surface area contributed by atoms with Gasteiger partial charge in [0.25, 0.3) is 0 Å². The first-order valence-corrected chi connectivity index (χ1v) is 7.73. The van der Waals surface area contributed by atoms with Gasteiger partial charge in [-0.1, -0.05) is 49.4 Å². The summed E-state index contributed by atoms with van der Waals surface area (Å²) in [4.78, 5) is 12.2. The Balaban J connectivity index is 1.94. The third kappa shape index (κ3) is 4.83. The molecule has 0 fully saturated rings. The maximum Gasteiger partial charge on any atom is 0.221 e. The Bertz CT molecular complexity index is 610. The first kappa shape index (κ1) is 17.0. The number of aliphatic hydroxyl groups is 1. The van der Waals surface area contributed by atoms with Crippen LogP contribution in [0.2, 0.25) is 0 Å². The summed E-state index contributed by atoms with van der Waals surface area (Å²) in [5, 5.41) is 12.4. The Morgan fingerprint density at radius 3 is 2.30 bits per heavy atom. The standard InChI is InChI=1S/C19H23NO3/c1-14(15-8-10-17(23-2)11-9-15)12-19(22)20-18(13-21)16-6-4-3-5-7-16/h3-11,14,18,21H,12-13H2,1-2H3,(H,20,22). The van der Waals surface area contributed by atoms with Crippen LogP contribution >= 0.6 is 0 Å². The highest BCUT2D eigenvalue weighted by atomic mass is 16.5. The number of ether oxygens (including phenoxy) is 1. The number of hydrogen-bond acceptors (Lipinski definition) is 3. The van der Waals surface area contributed by atoms with Crippen LogP contribution in [0.1, 0.15) is 36.4 Å². The second kappa shape index (κ2) is 8.34. The van der Waals surface area contributed by atoms with E-state index in [-0.39, 0.29) is 24.5 Å². The zero-order valence-electron chi connectivity index (χ0n) is 13.5. The minimum absolute atomic E-state index is 0.0729. The number of methoxy groups -OCH3 is 1. The fourth-order valence-corrected chi connectivity index (χ4v) is 2.50. The van der Waals surface area contributed by atoms with Crippen molar-refractivity contribution in [2.45, 2.75) is 25.3 Å². The van der Waals surface area contributed by atoms with Gasteiger partial charge in [0.1, 0.15) is 5.75 Å². The third-order valence-electron chi connectivity index (χ3n) is 3.90. The minimum atomic E-state index is -0.369. The Labute approximate surface area is 137 Å². The van der Waals surface area contributed by atoms with Gasteiger partial charge in [-0.05, 0) is 29.2 Å². The number of carbonyl (C=O) groups is 1. The van der Waals surface area contributed by atoms with E-state index in [0.29, 0.717) is 6.42 Å². The highest BCUT2D eigenvalue weighted by Gasteiger charge is 2.16. The molecule has 2 rings (SSSR count). The minimum Gasteiger partial charge on any atom is -0.497 e. The van der Waals surface area contributed by atoms with Crippen LogP contribution in [0, 0.1) is 0 Å². The quantitative estimate of drug-likeness (QED) is 0.826. The van der Waals surface area contributed by atoms with Crippen LogP contribution in [0.3, 0.4) is 0 Å². The normalized spacial score (nSPS) is 13.2. The van der Waals surface area contributed by atoms with Crippen LogP contribution in [0.4, 0.5) is 0 Å². The fourth-order valence-electron chi connectivity index (χ4n) is 2.50. The van der Waals surface area contributed by atoms with Gasteiger partial charge in [0, 0.05) is 6.42 Å². The summed E-state index contributed by atoms with van der Waals surface area (Å²) < 4.78 is 5.14. The van der Waals surface area contributed by atoms with E-state index in [1.807, 2.05) is 61.5 Å². The second-order valence-electron chi connectivity index (χ2n) is 5.59. The fraction of sp³-hybridized carbons (Fsp3) is 0.316. The van der Waals surface area contributed by atoms with E-state index in [9.17, 15) is 9.90 Å². The molecule has 23 heavy (non-hydrogen) atoms. The maximum atomic E-state index is 12.2. The van der Waals surface area contributed by atoms with Gasteiger partial charge in [-0.3, -0.25) is 4.79 Å². The van der Waals surface area contributed by atoms with E-state index in [1.54, 1.807) is 7.11 Å². The van der Waals surface area contributed by atoms with Gasteiger partial charge < -0.3 is 15.2 Å². The van der Waals surface area contributed by atoms with Crippen molar-refractivity contribution in [2.24, 2.45) is 0 Å². The van der Waals surface area contributed by atoms with Crippen LogP contribution < -0.4 is 10.1 Å². The Morgan fingerprint density at radius 2 is 1.74 bits per heavy atom. The van der Waals surface area contributed by atoms with Crippen LogP contribution in [-0.2, 0) is 4.79 Å². The predicted octanol–water partition coefficient (Wildman–Crippen LogP) is 3.04. The SMILES string of the molecule is COc1ccc(C(C)CC(=O)NC(CO)c2ccccc2)cc1. The van der Waals surface area contributed by atoms with Crippen molar-refractivity contribution >= 4 is 5.91 Å². The van der Waals surface area contributed by atoms with Crippen LogP contribution in [0.15, 0.2) is 54.6 Å². The van der Waals surface area contributed by atoms with Crippen molar-refractivity contribution in [3.05, 3.63) is 65.7 Å². The number of nitrogens with one attached hydrogen (secondary N) is 1. The van der Waals surface area contributed by atoms with Crippen molar-refractivity contribution in [1.29, 1.82) is 0 Å². The number of hydrogen-bond donors (Lipinski definition) is 2. The van der Waals surface area contributed by atoms with Crippen molar-refractivity contribution in [1.82, 2.24) is 5.32 Å². The zero-order chi connectivity index (χ0) is 16.7. The molecule has 0 radical (unpaired) electrons. The van der Waals surface area contributed by atoms with Crippen LogP contribution in [0.25, 0.3) is 0 Å². The lowest BCUT2D eigenvalue weighted by Crippen LogP contribution is -2.31. The highest BCUT2D eigenvalue weighted by molar-refractivity contribution is 5.77. The molecule has 2 aromatic rings. The summed E-state index contributed by atoms with van der Waals surface area (Å²) in [5.41, 5.74) is 1.99. The van der Waals surface area contributed by atoms with E-state index >= 15 is 0 Å². The largest absolute Gasteiger partial charge is 0.497 e. The molecule has 2 aromatic carbocycles. The van der Waals surface area contributed by atoms with Crippen LogP contribution in [0.5, 0.6) is 5.75 Å². The number of aliphatic hydroxyl groups excluding tert-OH is 1. The molecule has 0 aliphatic carbocycles. The van der Waals surface area contributed by atoms with Gasteiger partial charge in [-0.15, -0.1) is 0 Å². The molecule has 1 amide bonds. The Kier molecular flexibility index (Phi) is 6.18. The first-order chi connectivity index (χ1) is 11.1. The lowest BCUT2D eigenvalue weighted by atomic mass is 9.97. The summed E-state index contributed by atoms with van der Waals surface area (Å²) in [6.45, 7) is 1.89. The van der Waals surface area contributed by atoms with Crippen molar-refractivity contribution in [3.8, 4) is 5.75 Å². The van der Waals surface area contributed by atoms with Gasteiger partial charge >= 0.3 is 0 Å². The molecule has 4 heteroatoms. The Morgan fingerprint density at radius 1 is 1.09 bits per heavy atom. The molecule has 2 N–H and O–H groups in total. The van der Waals surface area contributed by atoms with Crippen LogP contribution in [-0.4, -0.2) is 24.7 Å². The number of carbonyl (C=O) groups excluding carboxylic acids is 1. The van der Waals surface area contributed by atoms with E-state index in [1.165, 1.54) is 0 Å². The molecule has 0 saturated carbocycles. The summed E-state index contributed by atoms with van der Waals surface area (Å²) in [6.07, 6.45) is 0.371. The van der Waals surface area contributed by atoms with E-state index in [0.717, 1.165) is 16.9 Å². The molecule has 0 bridgehead atoms. The molecule has 0 aromatic heterocycles. The molecular formula is C19H23NO3. The average Bonchev–Trinajstić information content (AvgIpc) is 2.60. The van der Waals surface area contributed by atoms with Crippen molar-refractivity contribution in [2.75, 3.05) is 13.7 Å². The van der Waals surface area contributed by atoms with Gasteiger partial charge in [-0.2, -0.15) is 0 Å². The third-order valence-corrected chi connectivity index (χ3v) is 3.90. The molecule has 0 aliphatic heterocycles. The smallest absolute Gasteiger partial charge is 0.221 e.